The van der Waals surface area contributed by atoms with Gasteiger partial charge in [0, 0.05) is 51.3 Å². The Balaban J connectivity index is 1.41. The van der Waals surface area contributed by atoms with Crippen LogP contribution in [0.1, 0.15) is 29.3 Å². The van der Waals surface area contributed by atoms with Crippen molar-refractivity contribution in [2.24, 2.45) is 7.05 Å². The normalized spacial score (nSPS) is 13.1. The lowest BCUT2D eigenvalue weighted by molar-refractivity contribution is -0.151. The smallest absolute Gasteiger partial charge is 0.256 e. The first-order valence-electron chi connectivity index (χ1n) is 12.5. The van der Waals surface area contributed by atoms with E-state index in [1.165, 1.54) is 11.1 Å². The van der Waals surface area contributed by atoms with Crippen molar-refractivity contribution in [1.82, 2.24) is 30.0 Å². The van der Waals surface area contributed by atoms with Gasteiger partial charge in [-0.3, -0.25) is 19.3 Å². The van der Waals surface area contributed by atoms with Crippen LogP contribution in [-0.4, -0.2) is 76.3 Å². The molecule has 0 fully saturated rings. The minimum atomic E-state index is -0.111. The molecule has 192 valence electrons. The van der Waals surface area contributed by atoms with Gasteiger partial charge in [-0.1, -0.05) is 31.2 Å². The highest BCUT2D eigenvalue weighted by Gasteiger charge is 2.27. The number of likely N-dealkylation sites (N-methyl/N-ethyl adjacent to an activating group) is 2. The number of amides is 2. The molecule has 4 rings (SSSR count). The average Bonchev–Trinajstić information content (AvgIpc) is 3.41. The van der Waals surface area contributed by atoms with Crippen LogP contribution < -0.4 is 10.6 Å². The molecule has 0 bridgehead atoms. The highest BCUT2D eigenvalue weighted by Crippen LogP contribution is 2.26. The number of fused-ring (bicyclic) bond motifs is 2. The fraction of sp³-hybridized carbons (Fsp3) is 0.444. The Hall–Kier alpha value is -3.43. The van der Waals surface area contributed by atoms with E-state index in [0.717, 1.165) is 34.4 Å². The first-order chi connectivity index (χ1) is 17.3. The fourth-order valence-corrected chi connectivity index (χ4v) is 4.69. The molecule has 9 nitrogen and oxygen atoms in total. The molecule has 0 unspecified atom stereocenters. The molecule has 0 radical (unpaired) electrons. The van der Waals surface area contributed by atoms with Crippen molar-refractivity contribution in [2.75, 3.05) is 45.1 Å². The second-order valence-electron chi connectivity index (χ2n) is 9.42. The molecular weight excluding hydrogens is 454 g/mol. The molecule has 0 aliphatic carbocycles. The number of hydrogen-bond donors (Lipinski definition) is 2. The molecular formula is C27H37N7O2. The van der Waals surface area contributed by atoms with Crippen LogP contribution in [0.3, 0.4) is 0 Å². The van der Waals surface area contributed by atoms with Crippen molar-refractivity contribution in [3.8, 4) is 0 Å². The van der Waals surface area contributed by atoms with E-state index in [4.69, 9.17) is 0 Å². The average molecular weight is 492 g/mol. The van der Waals surface area contributed by atoms with Crippen molar-refractivity contribution < 1.29 is 9.59 Å². The Bertz CT molecular complexity index is 1230. The van der Waals surface area contributed by atoms with E-state index in [0.29, 0.717) is 26.2 Å². The molecule has 0 saturated carbocycles. The quantitative estimate of drug-likeness (QED) is 0.424. The molecule has 2 N–H and O–H groups in total. The van der Waals surface area contributed by atoms with Crippen LogP contribution >= 0.6 is 0 Å². The summed E-state index contributed by atoms with van der Waals surface area (Å²) in [6, 6.07) is 12.4. The number of anilines is 1. The zero-order valence-electron chi connectivity index (χ0n) is 22.0. The summed E-state index contributed by atoms with van der Waals surface area (Å²) in [5.74, 6) is -0.212. The fourth-order valence-electron chi connectivity index (χ4n) is 4.69. The summed E-state index contributed by atoms with van der Waals surface area (Å²) < 4.78 is 1.85. The molecule has 2 heterocycles. The maximum Gasteiger partial charge on any atom is 0.256 e. The molecule has 9 heteroatoms. The maximum absolute atomic E-state index is 13.2. The minimum Gasteiger partial charge on any atom is -0.376 e. The zero-order valence-corrected chi connectivity index (χ0v) is 22.0. The largest absolute Gasteiger partial charge is 0.376 e. The van der Waals surface area contributed by atoms with Gasteiger partial charge >= 0.3 is 0 Å². The third-order valence-electron chi connectivity index (χ3n) is 6.91. The van der Waals surface area contributed by atoms with Gasteiger partial charge in [0.05, 0.1) is 17.8 Å². The lowest BCUT2D eigenvalue weighted by Crippen LogP contribution is -2.49. The second-order valence-corrected chi connectivity index (χ2v) is 9.42. The summed E-state index contributed by atoms with van der Waals surface area (Å²) in [5.41, 5.74) is 6.41. The van der Waals surface area contributed by atoms with E-state index in [9.17, 15) is 9.59 Å². The van der Waals surface area contributed by atoms with Crippen molar-refractivity contribution in [3.05, 3.63) is 58.8 Å². The van der Waals surface area contributed by atoms with Crippen LogP contribution in [0.2, 0.25) is 0 Å². The van der Waals surface area contributed by atoms with Gasteiger partial charge in [-0.2, -0.15) is 5.10 Å². The Kier molecular flexibility index (Phi) is 7.91. The van der Waals surface area contributed by atoms with Crippen molar-refractivity contribution in [2.45, 2.75) is 33.9 Å². The predicted octanol–water partition coefficient (Wildman–Crippen LogP) is 2.43. The first kappa shape index (κ1) is 25.7. The number of aromatic nitrogens is 2. The van der Waals surface area contributed by atoms with Gasteiger partial charge in [-0.15, -0.1) is 0 Å². The molecule has 1 aliphatic rings. The molecule has 2 aromatic carbocycles. The number of carbonyl (C=O) groups excluding carboxylic acids is 2. The van der Waals surface area contributed by atoms with Crippen LogP contribution in [0.5, 0.6) is 0 Å². The molecule has 0 saturated heterocycles. The number of hydrazine groups is 1. The summed E-state index contributed by atoms with van der Waals surface area (Å²) in [5, 5.41) is 15.8. The Morgan fingerprint density at radius 2 is 1.78 bits per heavy atom. The first-order valence-corrected chi connectivity index (χ1v) is 12.5. The number of nitrogens with one attached hydrogen (secondary N) is 2. The Morgan fingerprint density at radius 3 is 2.44 bits per heavy atom. The van der Waals surface area contributed by atoms with Crippen molar-refractivity contribution >= 4 is 28.4 Å². The number of aryl methyl sites for hydroxylation is 3. The number of carbonyl (C=O) groups is 2. The van der Waals surface area contributed by atoms with Crippen LogP contribution in [0.4, 0.5) is 5.69 Å². The van der Waals surface area contributed by atoms with Crippen molar-refractivity contribution in [1.29, 1.82) is 0 Å². The maximum atomic E-state index is 13.2. The van der Waals surface area contributed by atoms with Gasteiger partial charge in [-0.25, -0.2) is 5.01 Å². The SMILES string of the molecule is CCNCCN(CC(=O)N(C)N1Cc2ccccc2C1)C(=O)CNc1cc2c(cc1C)c(C)nn2C. The summed E-state index contributed by atoms with van der Waals surface area (Å²) in [7, 11) is 3.71. The van der Waals surface area contributed by atoms with Crippen LogP contribution in [0.25, 0.3) is 10.9 Å². The molecule has 0 spiro atoms. The van der Waals surface area contributed by atoms with E-state index in [1.54, 1.807) is 17.0 Å². The molecule has 3 aromatic rings. The molecule has 1 aromatic heterocycles. The third kappa shape index (κ3) is 5.52. The number of benzene rings is 2. The zero-order chi connectivity index (χ0) is 25.8. The van der Waals surface area contributed by atoms with Gasteiger partial charge in [0.2, 0.25) is 5.91 Å². The van der Waals surface area contributed by atoms with Gasteiger partial charge in [0.25, 0.3) is 5.91 Å². The molecule has 36 heavy (non-hydrogen) atoms. The standard InChI is InChI=1S/C27H37N7O2/c1-6-28-11-12-33(18-27(36)32(5)34-16-21-9-7-8-10-22(21)17-34)26(35)15-29-24-14-25-23(13-19(24)2)20(3)30-31(25)4/h7-10,13-14,28-29H,6,11-12,15-18H2,1-5H3. The van der Waals surface area contributed by atoms with E-state index in [1.807, 2.05) is 55.7 Å². The summed E-state index contributed by atoms with van der Waals surface area (Å²) in [4.78, 5) is 28.1. The number of nitrogens with zero attached hydrogens (tertiary/aromatic N) is 5. The van der Waals surface area contributed by atoms with Crippen molar-refractivity contribution in [3.63, 3.8) is 0 Å². The summed E-state index contributed by atoms with van der Waals surface area (Å²) >= 11 is 0. The van der Waals surface area contributed by atoms with Gasteiger partial charge < -0.3 is 15.5 Å². The molecule has 1 aliphatic heterocycles. The number of hydrogen-bond acceptors (Lipinski definition) is 6. The highest BCUT2D eigenvalue weighted by atomic mass is 16.2. The van der Waals surface area contributed by atoms with E-state index in [2.05, 4.69) is 33.9 Å². The van der Waals surface area contributed by atoms with Gasteiger partial charge in [-0.05, 0) is 49.2 Å². The van der Waals surface area contributed by atoms with Gasteiger partial charge in [0.1, 0.15) is 6.54 Å². The summed E-state index contributed by atoms with van der Waals surface area (Å²) in [6.45, 7) is 9.49. The van der Waals surface area contributed by atoms with Gasteiger partial charge in [0.15, 0.2) is 0 Å². The summed E-state index contributed by atoms with van der Waals surface area (Å²) in [6.07, 6.45) is 0. The topological polar surface area (TPSA) is 85.7 Å². The third-order valence-corrected chi connectivity index (χ3v) is 6.91. The van der Waals surface area contributed by atoms with E-state index < -0.39 is 0 Å². The Labute approximate surface area is 213 Å². The van der Waals surface area contributed by atoms with Crippen LogP contribution in [-0.2, 0) is 29.7 Å². The van der Waals surface area contributed by atoms with E-state index in [-0.39, 0.29) is 24.9 Å². The second kappa shape index (κ2) is 11.1. The Morgan fingerprint density at radius 1 is 1.08 bits per heavy atom. The van der Waals surface area contributed by atoms with Crippen LogP contribution in [0, 0.1) is 13.8 Å². The molecule has 2 amide bonds. The predicted molar refractivity (Wildman–Crippen MR) is 142 cm³/mol. The molecule has 0 atom stereocenters. The van der Waals surface area contributed by atoms with E-state index >= 15 is 0 Å². The lowest BCUT2D eigenvalue weighted by Gasteiger charge is -2.31. The number of rotatable bonds is 10. The highest BCUT2D eigenvalue weighted by molar-refractivity contribution is 5.89. The van der Waals surface area contributed by atoms with Crippen LogP contribution in [0.15, 0.2) is 36.4 Å². The minimum absolute atomic E-state index is 0.0359. The monoisotopic (exact) mass is 491 g/mol. The lowest BCUT2D eigenvalue weighted by atomic mass is 10.1.